The molecule has 1 saturated carbocycles. The Bertz CT molecular complexity index is 1280. The van der Waals surface area contributed by atoms with Crippen LogP contribution in [0.3, 0.4) is 0 Å². The van der Waals surface area contributed by atoms with Gasteiger partial charge in [-0.2, -0.15) is 10.4 Å². The molecule has 4 aromatic rings. The average Bonchev–Trinajstić information content (AvgIpc) is 3.60. The Labute approximate surface area is 185 Å². The van der Waals surface area contributed by atoms with Crippen LogP contribution in [-0.4, -0.2) is 37.2 Å². The normalized spacial score (nSPS) is 16.0. The molecule has 1 aromatic carbocycles. The number of amides is 1. The molecule has 3 aromatic heterocycles. The van der Waals surface area contributed by atoms with Gasteiger partial charge in [-0.1, -0.05) is 31.0 Å². The van der Waals surface area contributed by atoms with E-state index in [1.54, 1.807) is 23.0 Å². The number of nitrogens with zero attached hydrogens (tertiary/aromatic N) is 5. The molecule has 0 saturated heterocycles. The Morgan fingerprint density at radius 1 is 1.22 bits per heavy atom. The lowest BCUT2D eigenvalue weighted by atomic mass is 9.78. The summed E-state index contributed by atoms with van der Waals surface area (Å²) >= 11 is 0. The quantitative estimate of drug-likeness (QED) is 0.487. The number of aromatic nitrogens is 5. The summed E-state index contributed by atoms with van der Waals surface area (Å²) in [7, 11) is 0. The zero-order valence-corrected chi connectivity index (χ0v) is 17.5. The fourth-order valence-electron chi connectivity index (χ4n) is 4.75. The number of rotatable bonds is 6. The fourth-order valence-corrected chi connectivity index (χ4v) is 4.75. The topological polar surface area (TPSA) is 112 Å². The fraction of sp³-hybridized carbons (Fsp3) is 0.292. The molecule has 8 nitrogen and oxygen atoms in total. The molecule has 32 heavy (non-hydrogen) atoms. The number of nitriles is 1. The molecule has 160 valence electrons. The van der Waals surface area contributed by atoms with Crippen molar-refractivity contribution >= 4 is 16.9 Å². The summed E-state index contributed by atoms with van der Waals surface area (Å²) in [6.45, 7) is 0.434. The molecular formula is C24H23N7O. The van der Waals surface area contributed by atoms with Crippen LogP contribution in [0.25, 0.3) is 22.3 Å². The average molecular weight is 425 g/mol. The Morgan fingerprint density at radius 3 is 2.81 bits per heavy atom. The Hall–Kier alpha value is -3.99. The van der Waals surface area contributed by atoms with Crippen molar-refractivity contribution in [2.75, 3.05) is 6.54 Å². The lowest BCUT2D eigenvalue weighted by Crippen LogP contribution is -2.41. The number of nitrogens with one attached hydrogen (secondary N) is 2. The molecule has 0 aliphatic heterocycles. The molecule has 2 N–H and O–H groups in total. The predicted octanol–water partition coefficient (Wildman–Crippen LogP) is 3.88. The Morgan fingerprint density at radius 2 is 2.03 bits per heavy atom. The van der Waals surface area contributed by atoms with E-state index < -0.39 is 6.04 Å². The van der Waals surface area contributed by atoms with Crippen molar-refractivity contribution in [3.05, 3.63) is 66.9 Å². The van der Waals surface area contributed by atoms with E-state index in [2.05, 4.69) is 31.4 Å². The molecule has 5 rings (SSSR count). The first-order valence-electron chi connectivity index (χ1n) is 10.8. The second kappa shape index (κ2) is 8.27. The molecule has 1 unspecified atom stereocenters. The van der Waals surface area contributed by atoms with E-state index in [-0.39, 0.29) is 11.3 Å². The zero-order chi connectivity index (χ0) is 22.0. The second-order valence-electron chi connectivity index (χ2n) is 8.32. The maximum absolute atomic E-state index is 12.6. The van der Waals surface area contributed by atoms with Crippen molar-refractivity contribution < 1.29 is 4.79 Å². The summed E-state index contributed by atoms with van der Waals surface area (Å²) in [6, 6.07) is 13.1. The smallest absolute Gasteiger partial charge is 0.251 e. The SMILES string of the molecule is N#CC(n1cc(-c2ncnc3[nH]ccc23)cn1)C1(CNC(=O)c2ccccc2)CCCC1. The Kier molecular flexibility index (Phi) is 5.15. The van der Waals surface area contributed by atoms with Gasteiger partial charge in [0.1, 0.15) is 18.0 Å². The molecule has 1 aliphatic carbocycles. The monoisotopic (exact) mass is 425 g/mol. The number of carbonyl (C=O) groups excluding carboxylic acids is 1. The third-order valence-corrected chi connectivity index (χ3v) is 6.43. The molecule has 0 bridgehead atoms. The minimum atomic E-state index is -0.488. The van der Waals surface area contributed by atoms with Gasteiger partial charge in [-0.25, -0.2) is 9.97 Å². The summed E-state index contributed by atoms with van der Waals surface area (Å²) < 4.78 is 1.73. The van der Waals surface area contributed by atoms with Crippen LogP contribution >= 0.6 is 0 Å². The van der Waals surface area contributed by atoms with Crippen LogP contribution in [-0.2, 0) is 0 Å². The maximum Gasteiger partial charge on any atom is 0.251 e. The van der Waals surface area contributed by atoms with Crippen molar-refractivity contribution in [1.82, 2.24) is 30.0 Å². The lowest BCUT2D eigenvalue weighted by Gasteiger charge is -2.33. The second-order valence-corrected chi connectivity index (χ2v) is 8.32. The van der Waals surface area contributed by atoms with Crippen molar-refractivity contribution in [3.63, 3.8) is 0 Å². The predicted molar refractivity (Wildman–Crippen MR) is 119 cm³/mol. The molecule has 1 fully saturated rings. The van der Waals surface area contributed by atoms with Gasteiger partial charge in [0, 0.05) is 40.9 Å². The van der Waals surface area contributed by atoms with Crippen LogP contribution in [0.4, 0.5) is 0 Å². The number of benzene rings is 1. The molecule has 1 atom stereocenters. The number of fused-ring (bicyclic) bond motifs is 1. The highest BCUT2D eigenvalue weighted by Crippen LogP contribution is 2.46. The Balaban J connectivity index is 1.42. The summed E-state index contributed by atoms with van der Waals surface area (Å²) in [5, 5.41) is 18.7. The highest BCUT2D eigenvalue weighted by Gasteiger charge is 2.43. The van der Waals surface area contributed by atoms with Gasteiger partial charge in [-0.15, -0.1) is 0 Å². The largest absolute Gasteiger partial charge is 0.351 e. The van der Waals surface area contributed by atoms with E-state index in [9.17, 15) is 10.1 Å². The summed E-state index contributed by atoms with van der Waals surface area (Å²) in [4.78, 5) is 24.4. The van der Waals surface area contributed by atoms with E-state index in [1.165, 1.54) is 6.33 Å². The van der Waals surface area contributed by atoms with Crippen molar-refractivity contribution in [1.29, 1.82) is 5.26 Å². The van der Waals surface area contributed by atoms with Gasteiger partial charge in [0.25, 0.3) is 5.91 Å². The molecule has 0 spiro atoms. The van der Waals surface area contributed by atoms with Gasteiger partial charge in [-0.3, -0.25) is 9.48 Å². The first kappa shape index (κ1) is 19.9. The van der Waals surface area contributed by atoms with Crippen LogP contribution < -0.4 is 5.32 Å². The summed E-state index contributed by atoms with van der Waals surface area (Å²) in [5.74, 6) is -0.120. The third kappa shape index (κ3) is 3.52. The highest BCUT2D eigenvalue weighted by atomic mass is 16.1. The van der Waals surface area contributed by atoms with Crippen molar-refractivity contribution in [3.8, 4) is 17.3 Å². The van der Waals surface area contributed by atoms with Gasteiger partial charge in [-0.05, 0) is 31.0 Å². The third-order valence-electron chi connectivity index (χ3n) is 6.43. The van der Waals surface area contributed by atoms with Gasteiger partial charge >= 0.3 is 0 Å². The van der Waals surface area contributed by atoms with Crippen molar-refractivity contribution in [2.45, 2.75) is 31.7 Å². The van der Waals surface area contributed by atoms with Crippen molar-refractivity contribution in [2.24, 2.45) is 5.41 Å². The number of H-pyrrole nitrogens is 1. The minimum absolute atomic E-state index is 0.120. The number of hydrogen-bond acceptors (Lipinski definition) is 5. The molecule has 3 heterocycles. The molecule has 8 heteroatoms. The van der Waals surface area contributed by atoms with Crippen LogP contribution in [0.15, 0.2) is 61.3 Å². The van der Waals surface area contributed by atoms with E-state index in [0.29, 0.717) is 12.1 Å². The summed E-state index contributed by atoms with van der Waals surface area (Å²) in [5.41, 5.74) is 2.62. The van der Waals surface area contributed by atoms with Crippen LogP contribution in [0.5, 0.6) is 0 Å². The lowest BCUT2D eigenvalue weighted by molar-refractivity contribution is 0.0913. The number of aromatic amines is 1. The maximum atomic E-state index is 12.6. The standard InChI is InChI=1S/C24H23N7O/c25-12-20(24(9-4-5-10-24)15-27-23(32)17-6-2-1-3-7-17)31-14-18(13-30-31)21-19-8-11-26-22(19)29-16-28-21/h1-3,6-8,11,13-14,16,20H,4-5,9-10,15H2,(H,27,32)(H,26,28,29). The van der Waals surface area contributed by atoms with Gasteiger partial charge in [0.15, 0.2) is 0 Å². The zero-order valence-electron chi connectivity index (χ0n) is 17.5. The first-order chi connectivity index (χ1) is 15.7. The first-order valence-corrected chi connectivity index (χ1v) is 10.8. The van der Waals surface area contributed by atoms with E-state index in [4.69, 9.17) is 0 Å². The number of carbonyl (C=O) groups is 1. The van der Waals surface area contributed by atoms with Crippen LogP contribution in [0.2, 0.25) is 0 Å². The molecule has 1 aliphatic rings. The van der Waals surface area contributed by atoms with E-state index >= 15 is 0 Å². The minimum Gasteiger partial charge on any atom is -0.351 e. The molecule has 0 radical (unpaired) electrons. The highest BCUT2D eigenvalue weighted by molar-refractivity contribution is 5.94. The van der Waals surface area contributed by atoms with Crippen LogP contribution in [0.1, 0.15) is 42.1 Å². The van der Waals surface area contributed by atoms with Gasteiger partial charge < -0.3 is 10.3 Å². The molecule has 1 amide bonds. The van der Waals surface area contributed by atoms with E-state index in [0.717, 1.165) is 48.0 Å². The number of hydrogen-bond donors (Lipinski definition) is 2. The van der Waals surface area contributed by atoms with E-state index in [1.807, 2.05) is 36.7 Å². The molecular weight excluding hydrogens is 402 g/mol. The van der Waals surface area contributed by atoms with Gasteiger partial charge in [0.2, 0.25) is 0 Å². The summed E-state index contributed by atoms with van der Waals surface area (Å²) in [6.07, 6.45) is 10.8. The van der Waals surface area contributed by atoms with Crippen LogP contribution in [0, 0.1) is 16.7 Å². The van der Waals surface area contributed by atoms with Gasteiger partial charge in [0.05, 0.1) is 18.0 Å².